The summed E-state index contributed by atoms with van der Waals surface area (Å²) in [5, 5.41) is 0. The Bertz CT molecular complexity index is 785. The second-order valence-electron chi connectivity index (χ2n) is 4.66. The lowest BCUT2D eigenvalue weighted by Gasteiger charge is -2.03. The Labute approximate surface area is 130 Å². The van der Waals surface area contributed by atoms with E-state index in [9.17, 15) is 8.42 Å². The fraction of sp³-hybridized carbons (Fsp3) is 0.118. The molecule has 0 radical (unpaired) electrons. The Kier molecular flexibility index (Phi) is 5.04. The Morgan fingerprint density at radius 2 is 1.68 bits per heavy atom. The van der Waals surface area contributed by atoms with Gasteiger partial charge in [0.05, 0.1) is 18.2 Å². The highest BCUT2D eigenvalue weighted by molar-refractivity contribution is 7.89. The third kappa shape index (κ3) is 4.25. The van der Waals surface area contributed by atoms with E-state index < -0.39 is 10.0 Å². The van der Waals surface area contributed by atoms with Gasteiger partial charge in [0.2, 0.25) is 0 Å². The minimum atomic E-state index is -3.55. The molecule has 0 aliphatic rings. The Hall–Kier alpha value is -2.49. The van der Waals surface area contributed by atoms with Crippen LogP contribution in [0.5, 0.6) is 5.75 Å². The molecule has 1 N–H and O–H groups in total. The van der Waals surface area contributed by atoms with E-state index in [0.717, 1.165) is 16.9 Å². The van der Waals surface area contributed by atoms with Gasteiger partial charge in [-0.2, -0.15) is 0 Å². The van der Waals surface area contributed by atoms with E-state index >= 15 is 0 Å². The minimum absolute atomic E-state index is 0.223. The van der Waals surface area contributed by atoms with Crippen molar-refractivity contribution in [3.63, 3.8) is 0 Å². The van der Waals surface area contributed by atoms with Crippen molar-refractivity contribution in [2.45, 2.75) is 11.8 Å². The largest absolute Gasteiger partial charge is 0.497 e. The maximum absolute atomic E-state index is 12.0. The van der Waals surface area contributed by atoms with Crippen molar-refractivity contribution in [2.24, 2.45) is 0 Å². The molecule has 0 atom stereocenters. The molecule has 5 heteroatoms. The van der Waals surface area contributed by atoms with E-state index in [2.05, 4.69) is 10.5 Å². The number of sulfonamides is 1. The highest BCUT2D eigenvalue weighted by Crippen LogP contribution is 2.12. The molecule has 114 valence electrons. The highest BCUT2D eigenvalue weighted by atomic mass is 32.2. The normalized spacial score (nSPS) is 10.5. The van der Waals surface area contributed by atoms with Crippen LogP contribution < -0.4 is 9.46 Å². The van der Waals surface area contributed by atoms with Gasteiger partial charge in [-0.15, -0.1) is 5.73 Å². The SMILES string of the molecule is COc1ccc(C=C=CNS(=O)(=O)c2ccc(C)cc2)cc1. The summed E-state index contributed by atoms with van der Waals surface area (Å²) in [6.07, 6.45) is 2.95. The number of methoxy groups -OCH3 is 1. The molecule has 0 spiro atoms. The molecule has 0 saturated heterocycles. The first kappa shape index (κ1) is 15.9. The van der Waals surface area contributed by atoms with Crippen LogP contribution in [0, 0.1) is 6.92 Å². The highest BCUT2D eigenvalue weighted by Gasteiger charge is 2.10. The second-order valence-corrected chi connectivity index (χ2v) is 6.38. The summed E-state index contributed by atoms with van der Waals surface area (Å²) in [5.74, 6) is 0.765. The predicted molar refractivity (Wildman–Crippen MR) is 87.0 cm³/mol. The van der Waals surface area contributed by atoms with Gasteiger partial charge in [0.15, 0.2) is 0 Å². The van der Waals surface area contributed by atoms with Gasteiger partial charge >= 0.3 is 0 Å². The van der Waals surface area contributed by atoms with E-state index in [-0.39, 0.29) is 4.90 Å². The van der Waals surface area contributed by atoms with Crippen LogP contribution >= 0.6 is 0 Å². The Morgan fingerprint density at radius 1 is 1.05 bits per heavy atom. The first-order valence-corrected chi connectivity index (χ1v) is 8.13. The second kappa shape index (κ2) is 6.98. The van der Waals surface area contributed by atoms with E-state index in [1.54, 1.807) is 37.5 Å². The molecule has 0 saturated carbocycles. The van der Waals surface area contributed by atoms with Gasteiger partial charge < -0.3 is 4.74 Å². The summed E-state index contributed by atoms with van der Waals surface area (Å²) in [4.78, 5) is 0.223. The van der Waals surface area contributed by atoms with Crippen LogP contribution in [0.1, 0.15) is 11.1 Å². The average Bonchev–Trinajstić information content (AvgIpc) is 2.52. The Balaban J connectivity index is 2.07. The van der Waals surface area contributed by atoms with Crippen molar-refractivity contribution in [3.8, 4) is 5.75 Å². The monoisotopic (exact) mass is 315 g/mol. The van der Waals surface area contributed by atoms with Crippen LogP contribution in [0.3, 0.4) is 0 Å². The first-order chi connectivity index (χ1) is 10.5. The minimum Gasteiger partial charge on any atom is -0.497 e. The van der Waals surface area contributed by atoms with Crippen molar-refractivity contribution >= 4 is 16.1 Å². The van der Waals surface area contributed by atoms with Crippen molar-refractivity contribution < 1.29 is 13.2 Å². The van der Waals surface area contributed by atoms with Gasteiger partial charge in [0.1, 0.15) is 5.75 Å². The van der Waals surface area contributed by atoms with Gasteiger partial charge in [0.25, 0.3) is 10.0 Å². The number of hydrogen-bond acceptors (Lipinski definition) is 3. The molecule has 0 bridgehead atoms. The summed E-state index contributed by atoms with van der Waals surface area (Å²) in [7, 11) is -1.95. The third-order valence-electron chi connectivity index (χ3n) is 2.99. The van der Waals surface area contributed by atoms with Crippen molar-refractivity contribution in [1.82, 2.24) is 4.72 Å². The summed E-state index contributed by atoms with van der Waals surface area (Å²) >= 11 is 0. The zero-order valence-electron chi connectivity index (χ0n) is 12.4. The zero-order valence-corrected chi connectivity index (χ0v) is 13.2. The van der Waals surface area contributed by atoms with E-state index in [0.29, 0.717) is 0 Å². The molecule has 2 aromatic carbocycles. The summed E-state index contributed by atoms with van der Waals surface area (Å²) in [5.41, 5.74) is 4.70. The lowest BCUT2D eigenvalue weighted by Crippen LogP contribution is -2.17. The first-order valence-electron chi connectivity index (χ1n) is 6.65. The van der Waals surface area contributed by atoms with Gasteiger partial charge in [-0.3, -0.25) is 4.72 Å². The molecule has 0 fully saturated rings. The van der Waals surface area contributed by atoms with Crippen LogP contribution in [0.15, 0.2) is 65.4 Å². The lowest BCUT2D eigenvalue weighted by atomic mass is 10.2. The molecule has 4 nitrogen and oxygen atoms in total. The smallest absolute Gasteiger partial charge is 0.261 e. The van der Waals surface area contributed by atoms with E-state index in [1.165, 1.54) is 6.20 Å². The number of ether oxygens (including phenoxy) is 1. The van der Waals surface area contributed by atoms with Crippen LogP contribution in [-0.4, -0.2) is 15.5 Å². The molecule has 0 amide bonds. The van der Waals surface area contributed by atoms with Crippen LogP contribution in [0.2, 0.25) is 0 Å². The van der Waals surface area contributed by atoms with Crippen LogP contribution in [-0.2, 0) is 10.0 Å². The molecule has 0 unspecified atom stereocenters. The van der Waals surface area contributed by atoms with Gasteiger partial charge in [-0.25, -0.2) is 8.42 Å². The zero-order chi connectivity index (χ0) is 16.0. The molecule has 22 heavy (non-hydrogen) atoms. The van der Waals surface area contributed by atoms with E-state index in [1.807, 2.05) is 31.2 Å². The fourth-order valence-electron chi connectivity index (χ4n) is 1.74. The molecular weight excluding hydrogens is 298 g/mol. The van der Waals surface area contributed by atoms with Gasteiger partial charge in [-0.1, -0.05) is 29.8 Å². The maximum Gasteiger partial charge on any atom is 0.261 e. The summed E-state index contributed by atoms with van der Waals surface area (Å²) in [6.45, 7) is 1.90. The van der Waals surface area contributed by atoms with E-state index in [4.69, 9.17) is 4.74 Å². The number of benzene rings is 2. The van der Waals surface area contributed by atoms with Gasteiger partial charge in [0, 0.05) is 0 Å². The summed E-state index contributed by atoms with van der Waals surface area (Å²) < 4.78 is 31.5. The Morgan fingerprint density at radius 3 is 2.27 bits per heavy atom. The van der Waals surface area contributed by atoms with Crippen molar-refractivity contribution in [1.29, 1.82) is 0 Å². The average molecular weight is 315 g/mol. The standard InChI is InChI=1S/C17H17NO3S/c1-14-5-11-17(12-6-14)22(19,20)18-13-3-4-15-7-9-16(21-2)10-8-15/h4-13,18H,1-2H3. The van der Waals surface area contributed by atoms with Crippen molar-refractivity contribution in [3.05, 3.63) is 71.6 Å². The number of hydrogen-bond donors (Lipinski definition) is 1. The lowest BCUT2D eigenvalue weighted by molar-refractivity contribution is 0.415. The summed E-state index contributed by atoms with van der Waals surface area (Å²) in [6, 6.07) is 14.0. The fourth-order valence-corrected chi connectivity index (χ4v) is 2.59. The van der Waals surface area contributed by atoms with Crippen molar-refractivity contribution in [2.75, 3.05) is 7.11 Å². The number of aryl methyl sites for hydroxylation is 1. The number of rotatable bonds is 5. The maximum atomic E-state index is 12.0. The molecule has 2 rings (SSSR count). The van der Waals surface area contributed by atoms with Crippen LogP contribution in [0.25, 0.3) is 6.08 Å². The third-order valence-corrected chi connectivity index (χ3v) is 4.32. The van der Waals surface area contributed by atoms with Gasteiger partial charge in [-0.05, 0) is 42.8 Å². The molecule has 0 heterocycles. The predicted octanol–water partition coefficient (Wildman–Crippen LogP) is 3.11. The molecule has 0 aliphatic carbocycles. The molecular formula is C17H17NO3S. The molecule has 0 aromatic heterocycles. The number of nitrogens with one attached hydrogen (secondary N) is 1. The molecule has 0 aliphatic heterocycles. The topological polar surface area (TPSA) is 55.4 Å². The van der Waals surface area contributed by atoms with Crippen LogP contribution in [0.4, 0.5) is 0 Å². The molecule has 2 aromatic rings. The quantitative estimate of drug-likeness (QED) is 0.863.